The van der Waals surface area contributed by atoms with E-state index in [0.29, 0.717) is 17.9 Å². The van der Waals surface area contributed by atoms with Gasteiger partial charge in [-0.25, -0.2) is 0 Å². The van der Waals surface area contributed by atoms with Gasteiger partial charge >= 0.3 is 5.97 Å². The fraction of sp³-hybridized carbons (Fsp3) is 0.438. The molecule has 0 aliphatic carbocycles. The van der Waals surface area contributed by atoms with Gasteiger partial charge in [0.2, 0.25) is 0 Å². The first-order valence-electron chi connectivity index (χ1n) is 6.80. The number of nitrogens with one attached hydrogen (secondary N) is 1. The Balaban J connectivity index is 3.11. The fourth-order valence-electron chi connectivity index (χ4n) is 2.15. The first-order chi connectivity index (χ1) is 9.90. The Hall–Kier alpha value is -1.85. The zero-order chi connectivity index (χ0) is 16.0. The van der Waals surface area contributed by atoms with Crippen molar-refractivity contribution in [2.75, 3.05) is 13.7 Å². The van der Waals surface area contributed by atoms with Crippen molar-refractivity contribution in [2.45, 2.75) is 32.4 Å². The van der Waals surface area contributed by atoms with E-state index in [9.17, 15) is 9.90 Å². The summed E-state index contributed by atoms with van der Waals surface area (Å²) in [5.41, 5.74) is 2.66. The average Bonchev–Trinajstić information content (AvgIpc) is 2.44. The van der Waals surface area contributed by atoms with Crippen LogP contribution in [0.15, 0.2) is 24.8 Å². The van der Waals surface area contributed by atoms with Crippen molar-refractivity contribution in [1.82, 2.24) is 5.32 Å². The largest absolute Gasteiger partial charge is 0.496 e. The van der Waals surface area contributed by atoms with Crippen LogP contribution in [0.5, 0.6) is 5.75 Å². The highest BCUT2D eigenvalue weighted by Gasteiger charge is 2.26. The number of methoxy groups -OCH3 is 1. The highest BCUT2D eigenvalue weighted by molar-refractivity contribution is 5.67. The van der Waals surface area contributed by atoms with Crippen molar-refractivity contribution in [3.63, 3.8) is 0 Å². The lowest BCUT2D eigenvalue weighted by Gasteiger charge is -2.25. The second kappa shape index (κ2) is 7.81. The smallest absolute Gasteiger partial charge is 0.305 e. The maximum absolute atomic E-state index is 11.0. The number of hydrogen-bond acceptors (Lipinski definition) is 4. The third-order valence-corrected chi connectivity index (χ3v) is 3.46. The molecule has 0 aliphatic heterocycles. The first kappa shape index (κ1) is 17.2. The van der Waals surface area contributed by atoms with Crippen molar-refractivity contribution in [1.29, 1.82) is 0 Å². The second-order valence-electron chi connectivity index (χ2n) is 5.02. The quantitative estimate of drug-likeness (QED) is 0.639. The predicted octanol–water partition coefficient (Wildman–Crippen LogP) is 1.96. The van der Waals surface area contributed by atoms with Gasteiger partial charge in [0, 0.05) is 18.2 Å². The van der Waals surface area contributed by atoms with Gasteiger partial charge in [0.25, 0.3) is 0 Å². The Morgan fingerprint density at radius 2 is 2.05 bits per heavy atom. The Morgan fingerprint density at radius 3 is 2.57 bits per heavy atom. The summed E-state index contributed by atoms with van der Waals surface area (Å²) in [5, 5.41) is 22.5. The number of carboxylic acids is 1. The summed E-state index contributed by atoms with van der Waals surface area (Å²) in [6.07, 6.45) is 0.458. The molecular weight excluding hydrogens is 270 g/mol. The minimum atomic E-state index is -0.977. The summed E-state index contributed by atoms with van der Waals surface area (Å²) >= 11 is 0. The molecule has 0 fully saturated rings. The number of carboxylic acid groups (broad SMARTS) is 1. The molecule has 0 radical (unpaired) electrons. The molecule has 1 aromatic rings. The lowest BCUT2D eigenvalue weighted by Crippen LogP contribution is -2.37. The summed E-state index contributed by atoms with van der Waals surface area (Å²) < 4.78 is 5.31. The van der Waals surface area contributed by atoms with Gasteiger partial charge in [-0.05, 0) is 37.1 Å². The van der Waals surface area contributed by atoms with Gasteiger partial charge in [0.05, 0.1) is 19.6 Å². The van der Waals surface area contributed by atoms with Crippen LogP contribution in [0.1, 0.15) is 29.2 Å². The molecule has 5 heteroatoms. The van der Waals surface area contributed by atoms with Gasteiger partial charge in [-0.1, -0.05) is 6.08 Å². The molecule has 0 amide bonds. The zero-order valence-corrected chi connectivity index (χ0v) is 12.7. The lowest BCUT2D eigenvalue weighted by molar-refractivity contribution is -0.138. The number of aliphatic carboxylic acids is 1. The minimum Gasteiger partial charge on any atom is -0.496 e. The van der Waals surface area contributed by atoms with Crippen LogP contribution in [-0.4, -0.2) is 35.9 Å². The molecule has 1 rings (SSSR count). The maximum atomic E-state index is 11.0. The molecule has 1 aromatic carbocycles. The number of aliphatic hydroxyl groups is 1. The van der Waals surface area contributed by atoms with Crippen molar-refractivity contribution >= 4 is 5.97 Å². The van der Waals surface area contributed by atoms with E-state index in [4.69, 9.17) is 9.84 Å². The maximum Gasteiger partial charge on any atom is 0.305 e. The number of aryl methyl sites for hydroxylation is 2. The first-order valence-corrected chi connectivity index (χ1v) is 6.80. The van der Waals surface area contributed by atoms with E-state index in [1.807, 2.05) is 26.0 Å². The molecule has 21 heavy (non-hydrogen) atoms. The predicted molar refractivity (Wildman–Crippen MR) is 81.7 cm³/mol. The molecule has 0 spiro atoms. The summed E-state index contributed by atoms with van der Waals surface area (Å²) in [7, 11) is 1.53. The van der Waals surface area contributed by atoms with Crippen molar-refractivity contribution in [3.8, 4) is 5.75 Å². The van der Waals surface area contributed by atoms with Crippen molar-refractivity contribution < 1.29 is 19.7 Å². The van der Waals surface area contributed by atoms with Crippen LogP contribution in [0, 0.1) is 13.8 Å². The van der Waals surface area contributed by atoms with Crippen LogP contribution in [0.2, 0.25) is 0 Å². The molecule has 0 bridgehead atoms. The number of rotatable bonds is 8. The van der Waals surface area contributed by atoms with Crippen LogP contribution in [0.25, 0.3) is 0 Å². The number of carbonyl (C=O) groups is 1. The summed E-state index contributed by atoms with van der Waals surface area (Å²) in [6, 6.07) is 3.07. The molecule has 2 unspecified atom stereocenters. The molecule has 0 heterocycles. The third-order valence-electron chi connectivity index (χ3n) is 3.46. The third kappa shape index (κ3) is 4.58. The van der Waals surface area contributed by atoms with E-state index in [1.54, 1.807) is 6.08 Å². The van der Waals surface area contributed by atoms with Gasteiger partial charge in [-0.2, -0.15) is 0 Å². The average molecular weight is 293 g/mol. The van der Waals surface area contributed by atoms with Gasteiger partial charge in [0.15, 0.2) is 0 Å². The SMILES string of the molecule is C=CCNC(CC(=O)O)C(O)c1cc(C)c(C)cc1OC. The van der Waals surface area contributed by atoms with Crippen LogP contribution in [-0.2, 0) is 4.79 Å². The van der Waals surface area contributed by atoms with Gasteiger partial charge in [0.1, 0.15) is 5.75 Å². The molecule has 5 nitrogen and oxygen atoms in total. The van der Waals surface area contributed by atoms with Crippen LogP contribution >= 0.6 is 0 Å². The topological polar surface area (TPSA) is 78.8 Å². The van der Waals surface area contributed by atoms with E-state index >= 15 is 0 Å². The number of benzene rings is 1. The second-order valence-corrected chi connectivity index (χ2v) is 5.02. The van der Waals surface area contributed by atoms with Crippen molar-refractivity contribution in [3.05, 3.63) is 41.5 Å². The Labute approximate surface area is 125 Å². The molecule has 2 atom stereocenters. The molecular formula is C16H23NO4. The zero-order valence-electron chi connectivity index (χ0n) is 12.7. The Morgan fingerprint density at radius 1 is 1.43 bits per heavy atom. The van der Waals surface area contributed by atoms with Crippen LogP contribution in [0.4, 0.5) is 0 Å². The van der Waals surface area contributed by atoms with Crippen molar-refractivity contribution in [2.24, 2.45) is 0 Å². The van der Waals surface area contributed by atoms with E-state index in [1.165, 1.54) is 7.11 Å². The summed E-state index contributed by atoms with van der Waals surface area (Å²) in [4.78, 5) is 11.0. The van der Waals surface area contributed by atoms with Gasteiger partial charge in [-0.3, -0.25) is 4.79 Å². The molecule has 0 aliphatic rings. The molecule has 0 saturated heterocycles. The fourth-order valence-corrected chi connectivity index (χ4v) is 2.15. The van der Waals surface area contributed by atoms with Gasteiger partial charge < -0.3 is 20.3 Å². The number of hydrogen-bond donors (Lipinski definition) is 3. The lowest BCUT2D eigenvalue weighted by atomic mass is 9.95. The Kier molecular flexibility index (Phi) is 6.39. The van der Waals surface area contributed by atoms with E-state index < -0.39 is 18.1 Å². The molecule has 3 N–H and O–H groups in total. The minimum absolute atomic E-state index is 0.189. The summed E-state index contributed by atoms with van der Waals surface area (Å²) in [6.45, 7) is 7.90. The summed E-state index contributed by atoms with van der Waals surface area (Å²) in [5.74, 6) is -0.417. The molecule has 116 valence electrons. The molecule has 0 saturated carbocycles. The van der Waals surface area contributed by atoms with Crippen LogP contribution < -0.4 is 10.1 Å². The van der Waals surface area contributed by atoms with Gasteiger partial charge in [-0.15, -0.1) is 6.58 Å². The molecule has 0 aromatic heterocycles. The standard InChI is InChI=1S/C16H23NO4/c1-5-6-17-13(9-15(18)19)16(20)12-7-10(2)11(3)8-14(12)21-4/h5,7-8,13,16-17,20H,1,6,9H2,2-4H3,(H,18,19). The van der Waals surface area contributed by atoms with Crippen LogP contribution in [0.3, 0.4) is 0 Å². The highest BCUT2D eigenvalue weighted by Crippen LogP contribution is 2.31. The Bertz CT molecular complexity index is 513. The van der Waals surface area contributed by atoms with E-state index in [-0.39, 0.29) is 6.42 Å². The normalized spacial score (nSPS) is 13.5. The number of ether oxygens (including phenoxy) is 1. The number of aliphatic hydroxyl groups excluding tert-OH is 1. The highest BCUT2D eigenvalue weighted by atomic mass is 16.5. The van der Waals surface area contributed by atoms with E-state index in [0.717, 1.165) is 11.1 Å². The monoisotopic (exact) mass is 293 g/mol. The van der Waals surface area contributed by atoms with E-state index in [2.05, 4.69) is 11.9 Å².